The average molecular weight is 785 g/mol. The van der Waals surface area contributed by atoms with Gasteiger partial charge in [0.1, 0.15) is 11.6 Å². The second-order valence-corrected chi connectivity index (χ2v) is 17.9. The van der Waals surface area contributed by atoms with E-state index in [9.17, 15) is 23.8 Å². The van der Waals surface area contributed by atoms with Crippen LogP contribution in [0.2, 0.25) is 0 Å². The van der Waals surface area contributed by atoms with E-state index in [1.54, 1.807) is 12.1 Å². The number of ketones is 1. The van der Waals surface area contributed by atoms with Gasteiger partial charge in [-0.2, -0.15) is 0 Å². The van der Waals surface area contributed by atoms with Crippen LogP contribution in [0.15, 0.2) is 66.7 Å². The standard InChI is InChI=1S/C27H34FN3O2.C19H28FN3O/c28-22-6-7-24-23(16-22)27(19-29-24)10-14-31(15-11-27)18-26(33)21-8-12-30(13-9-21)17-25(32)20-4-2-1-3-5-20;20-15-1-2-17-16(11-15)19(13-22-17)5-9-23(10-6-19)12-18(24)14-3-7-21-8-4-14/h1-7,16,21,26,29,33H,8-15,17-19H2;1-2,11,14,18,21-22,24H,3-10,12-13H2. The maximum atomic E-state index is 13.8. The van der Waals surface area contributed by atoms with E-state index >= 15 is 0 Å². The summed E-state index contributed by atoms with van der Waals surface area (Å²) in [5.41, 5.74) is 5.32. The highest BCUT2D eigenvalue weighted by atomic mass is 19.1. The van der Waals surface area contributed by atoms with Gasteiger partial charge in [0.15, 0.2) is 5.78 Å². The van der Waals surface area contributed by atoms with Crippen molar-refractivity contribution >= 4 is 17.2 Å². The molecule has 0 aromatic heterocycles. The number of carbonyl (C=O) groups is 1. The van der Waals surface area contributed by atoms with Gasteiger partial charge in [-0.3, -0.25) is 9.69 Å². The predicted octanol–water partition coefficient (Wildman–Crippen LogP) is 5.49. The third kappa shape index (κ3) is 9.24. The van der Waals surface area contributed by atoms with Gasteiger partial charge in [-0.25, -0.2) is 8.78 Å². The minimum atomic E-state index is -0.336. The first kappa shape index (κ1) is 40.3. The Kier molecular flexibility index (Phi) is 12.6. The van der Waals surface area contributed by atoms with Gasteiger partial charge in [0.05, 0.1) is 18.8 Å². The molecule has 9 rings (SSSR count). The predicted molar refractivity (Wildman–Crippen MR) is 222 cm³/mol. The summed E-state index contributed by atoms with van der Waals surface area (Å²) in [7, 11) is 0. The summed E-state index contributed by atoms with van der Waals surface area (Å²) in [5.74, 6) is 0.587. The fourth-order valence-corrected chi connectivity index (χ4v) is 10.6. The maximum absolute atomic E-state index is 13.8. The third-order valence-electron chi connectivity index (χ3n) is 14.4. The second kappa shape index (κ2) is 17.8. The van der Waals surface area contributed by atoms with Gasteiger partial charge in [0, 0.05) is 53.9 Å². The summed E-state index contributed by atoms with van der Waals surface area (Å²) in [6.45, 7) is 11.3. The Bertz CT molecular complexity index is 1800. The van der Waals surface area contributed by atoms with Crippen molar-refractivity contribution in [3.8, 4) is 0 Å². The Morgan fingerprint density at radius 1 is 0.649 bits per heavy atom. The van der Waals surface area contributed by atoms with Gasteiger partial charge < -0.3 is 36.0 Å². The Morgan fingerprint density at radius 2 is 1.12 bits per heavy atom. The third-order valence-corrected chi connectivity index (χ3v) is 14.4. The molecule has 2 atom stereocenters. The molecule has 6 heterocycles. The summed E-state index contributed by atoms with van der Waals surface area (Å²) >= 11 is 0. The molecule has 0 radical (unpaired) electrons. The maximum Gasteiger partial charge on any atom is 0.176 e. The molecule has 0 aliphatic carbocycles. The quantitative estimate of drug-likeness (QED) is 0.181. The number of hydrogen-bond donors (Lipinski definition) is 5. The van der Waals surface area contributed by atoms with E-state index < -0.39 is 0 Å². The summed E-state index contributed by atoms with van der Waals surface area (Å²) in [6.07, 6.45) is 7.52. The molecule has 2 unspecified atom stereocenters. The highest BCUT2D eigenvalue weighted by molar-refractivity contribution is 5.97. The molecule has 0 bridgehead atoms. The number of rotatable bonds is 9. The number of likely N-dealkylation sites (tertiary alicyclic amines) is 3. The van der Waals surface area contributed by atoms with Crippen LogP contribution in [0.3, 0.4) is 0 Å². The number of β-amino-alcohol motifs (C(OH)–C–C–N with tert-alkyl or cyclic N) is 2. The van der Waals surface area contributed by atoms with Crippen LogP contribution in [0.4, 0.5) is 20.2 Å². The number of aliphatic hydroxyl groups excluding tert-OH is 2. The lowest BCUT2D eigenvalue weighted by Crippen LogP contribution is -2.48. The van der Waals surface area contributed by atoms with Crippen molar-refractivity contribution in [2.24, 2.45) is 11.8 Å². The highest BCUT2D eigenvalue weighted by Crippen LogP contribution is 2.45. The monoisotopic (exact) mass is 784 g/mol. The largest absolute Gasteiger partial charge is 0.392 e. The van der Waals surface area contributed by atoms with E-state index in [4.69, 9.17) is 0 Å². The smallest absolute Gasteiger partial charge is 0.176 e. The van der Waals surface area contributed by atoms with Gasteiger partial charge in [0.25, 0.3) is 0 Å². The van der Waals surface area contributed by atoms with E-state index in [1.165, 1.54) is 12.1 Å². The van der Waals surface area contributed by atoms with Gasteiger partial charge in [-0.1, -0.05) is 30.3 Å². The van der Waals surface area contributed by atoms with Crippen LogP contribution in [0.25, 0.3) is 0 Å². The van der Waals surface area contributed by atoms with Gasteiger partial charge in [-0.15, -0.1) is 0 Å². The van der Waals surface area contributed by atoms with Crippen LogP contribution >= 0.6 is 0 Å². The van der Waals surface area contributed by atoms with E-state index in [0.29, 0.717) is 19.0 Å². The van der Waals surface area contributed by atoms with Gasteiger partial charge in [0.2, 0.25) is 0 Å². The van der Waals surface area contributed by atoms with Crippen LogP contribution < -0.4 is 16.0 Å². The summed E-state index contributed by atoms with van der Waals surface area (Å²) < 4.78 is 27.5. The lowest BCUT2D eigenvalue weighted by atomic mass is 9.74. The number of fused-ring (bicyclic) bond motifs is 4. The zero-order chi connectivity index (χ0) is 39.4. The molecule has 308 valence electrons. The first-order chi connectivity index (χ1) is 27.7. The van der Waals surface area contributed by atoms with E-state index in [2.05, 4.69) is 30.7 Å². The van der Waals surface area contributed by atoms with Crippen molar-refractivity contribution in [2.75, 3.05) is 95.7 Å². The molecule has 6 aliphatic rings. The Morgan fingerprint density at radius 3 is 1.61 bits per heavy atom. The average Bonchev–Trinajstić information content (AvgIpc) is 3.77. The van der Waals surface area contributed by atoms with Gasteiger partial charge >= 0.3 is 0 Å². The number of nitrogens with zero attached hydrogens (tertiary/aromatic N) is 3. The number of halogens is 2. The lowest BCUT2D eigenvalue weighted by molar-refractivity contribution is 0.0216. The van der Waals surface area contributed by atoms with Crippen molar-refractivity contribution in [3.05, 3.63) is 95.1 Å². The summed E-state index contributed by atoms with van der Waals surface area (Å²) in [5, 5.41) is 31.8. The number of Topliss-reactive ketones (excluding diaryl/α,β-unsaturated/α-hetero) is 1. The van der Waals surface area contributed by atoms with E-state index in [-0.39, 0.29) is 46.4 Å². The van der Waals surface area contributed by atoms with Crippen molar-refractivity contribution in [1.82, 2.24) is 20.0 Å². The van der Waals surface area contributed by atoms with E-state index in [0.717, 1.165) is 151 Å². The van der Waals surface area contributed by atoms with Crippen LogP contribution in [0.5, 0.6) is 0 Å². The number of nitrogens with one attached hydrogen (secondary N) is 3. The molecule has 57 heavy (non-hydrogen) atoms. The molecule has 4 fully saturated rings. The number of piperidine rings is 4. The normalized spacial score (nSPS) is 23.5. The number of aliphatic hydroxyl groups is 2. The minimum absolute atomic E-state index is 0.0233. The van der Waals surface area contributed by atoms with Crippen molar-refractivity contribution < 1.29 is 23.8 Å². The molecule has 4 saturated heterocycles. The SMILES string of the molecule is O=C(CN1CCC(C(O)CN2CCC3(CC2)CNc2ccc(F)cc23)CC1)c1ccccc1.OC(CN1CCC2(CC1)CNc1ccc(F)cc12)C1CCNCC1. The van der Waals surface area contributed by atoms with Crippen molar-refractivity contribution in [1.29, 1.82) is 0 Å². The molecule has 3 aromatic rings. The lowest BCUT2D eigenvalue weighted by Gasteiger charge is -2.41. The molecule has 0 amide bonds. The molecule has 0 saturated carbocycles. The topological polar surface area (TPSA) is 103 Å². The number of benzene rings is 3. The zero-order valence-corrected chi connectivity index (χ0v) is 33.4. The minimum Gasteiger partial charge on any atom is -0.392 e. The molecular weight excluding hydrogens is 723 g/mol. The number of carbonyl (C=O) groups excluding carboxylic acids is 1. The highest BCUT2D eigenvalue weighted by Gasteiger charge is 2.43. The number of anilines is 2. The van der Waals surface area contributed by atoms with Crippen LogP contribution in [-0.4, -0.2) is 128 Å². The molecule has 3 aromatic carbocycles. The Labute approximate surface area is 337 Å². The Balaban J connectivity index is 0.000000168. The fraction of sp³-hybridized carbons (Fsp3) is 0.587. The first-order valence-electron chi connectivity index (χ1n) is 21.6. The molecule has 6 aliphatic heterocycles. The molecular formula is C46H62F2N6O3. The number of hydrogen-bond acceptors (Lipinski definition) is 9. The fourth-order valence-electron chi connectivity index (χ4n) is 10.6. The zero-order valence-electron chi connectivity index (χ0n) is 33.4. The second-order valence-electron chi connectivity index (χ2n) is 17.9. The molecule has 9 nitrogen and oxygen atoms in total. The summed E-state index contributed by atoms with van der Waals surface area (Å²) in [6, 6.07) is 19.7. The van der Waals surface area contributed by atoms with E-state index in [1.807, 2.05) is 42.5 Å². The van der Waals surface area contributed by atoms with Gasteiger partial charge in [-0.05, 0) is 163 Å². The molecule has 5 N–H and O–H groups in total. The van der Waals surface area contributed by atoms with Crippen LogP contribution in [-0.2, 0) is 10.8 Å². The van der Waals surface area contributed by atoms with Crippen molar-refractivity contribution in [3.63, 3.8) is 0 Å². The summed E-state index contributed by atoms with van der Waals surface area (Å²) in [4.78, 5) is 19.5. The Hall–Kier alpha value is -3.45. The molecule has 2 spiro atoms. The van der Waals surface area contributed by atoms with Crippen LogP contribution in [0, 0.1) is 23.5 Å². The van der Waals surface area contributed by atoms with Crippen LogP contribution in [0.1, 0.15) is 72.9 Å². The first-order valence-corrected chi connectivity index (χ1v) is 21.6. The molecule has 11 heteroatoms. The van der Waals surface area contributed by atoms with Crippen molar-refractivity contribution in [2.45, 2.75) is 74.4 Å².